The van der Waals surface area contributed by atoms with Crippen molar-refractivity contribution in [3.63, 3.8) is 0 Å². The minimum atomic E-state index is -0.801. The number of nitrogens with zero attached hydrogens (tertiary/aromatic N) is 3. The molecule has 1 unspecified atom stereocenters. The van der Waals surface area contributed by atoms with Crippen LogP contribution in [0, 0.1) is 10.1 Å². The normalized spacial score (nSPS) is 12.4. The van der Waals surface area contributed by atoms with E-state index in [9.17, 15) is 15.2 Å². The molecule has 1 atom stereocenters. The summed E-state index contributed by atoms with van der Waals surface area (Å²) >= 11 is 5.73. The minimum Gasteiger partial charge on any atom is -0.387 e. The maximum atomic E-state index is 10.8. The lowest BCUT2D eigenvalue weighted by Crippen LogP contribution is -2.24. The molecule has 0 aliphatic heterocycles. The molecule has 1 aromatic heterocycles. The van der Waals surface area contributed by atoms with E-state index in [4.69, 9.17) is 11.6 Å². The third-order valence-corrected chi connectivity index (χ3v) is 3.42. The van der Waals surface area contributed by atoms with Gasteiger partial charge in [0.25, 0.3) is 5.69 Å². The molecule has 1 aromatic carbocycles. The first kappa shape index (κ1) is 16.4. The third kappa shape index (κ3) is 4.49. The summed E-state index contributed by atoms with van der Waals surface area (Å²) in [6.07, 6.45) is 0.878. The highest BCUT2D eigenvalue weighted by Gasteiger charge is 2.14. The van der Waals surface area contributed by atoms with Gasteiger partial charge in [0, 0.05) is 31.4 Å². The summed E-state index contributed by atoms with van der Waals surface area (Å²) in [5.74, 6) is 0. The van der Waals surface area contributed by atoms with Crippen molar-refractivity contribution >= 4 is 17.3 Å². The standard InChI is InChI=1S/C15H16ClN3O3/c1-18(9-11-5-6-15(16)17-8-11)10-14(20)12-3-2-4-13(7-12)19(21)22/h2-8,14,20H,9-10H2,1H3. The summed E-state index contributed by atoms with van der Waals surface area (Å²) < 4.78 is 0. The van der Waals surface area contributed by atoms with E-state index >= 15 is 0 Å². The van der Waals surface area contributed by atoms with E-state index in [0.29, 0.717) is 23.8 Å². The Morgan fingerprint density at radius 2 is 2.18 bits per heavy atom. The molecule has 2 aromatic rings. The van der Waals surface area contributed by atoms with Gasteiger partial charge in [0.1, 0.15) is 5.15 Å². The largest absolute Gasteiger partial charge is 0.387 e. The summed E-state index contributed by atoms with van der Waals surface area (Å²) in [6, 6.07) is 9.62. The summed E-state index contributed by atoms with van der Waals surface area (Å²) in [4.78, 5) is 16.2. The average molecular weight is 322 g/mol. The summed E-state index contributed by atoms with van der Waals surface area (Å²) in [5.41, 5.74) is 1.47. The van der Waals surface area contributed by atoms with Crippen molar-refractivity contribution in [3.8, 4) is 0 Å². The Labute approximate surface area is 133 Å². The number of hydrogen-bond acceptors (Lipinski definition) is 5. The molecule has 0 aliphatic carbocycles. The van der Waals surface area contributed by atoms with E-state index in [1.54, 1.807) is 24.4 Å². The lowest BCUT2D eigenvalue weighted by atomic mass is 10.1. The second kappa shape index (κ2) is 7.31. The quantitative estimate of drug-likeness (QED) is 0.503. The minimum absolute atomic E-state index is 0.0268. The highest BCUT2D eigenvalue weighted by Crippen LogP contribution is 2.20. The molecular formula is C15H16ClN3O3. The van der Waals surface area contributed by atoms with Crippen molar-refractivity contribution in [2.45, 2.75) is 12.6 Å². The zero-order chi connectivity index (χ0) is 16.1. The molecule has 0 radical (unpaired) electrons. The number of aliphatic hydroxyl groups excluding tert-OH is 1. The van der Waals surface area contributed by atoms with Gasteiger partial charge in [0.15, 0.2) is 0 Å². The van der Waals surface area contributed by atoms with Gasteiger partial charge < -0.3 is 5.11 Å². The topological polar surface area (TPSA) is 79.5 Å². The van der Waals surface area contributed by atoms with Crippen LogP contribution in [0.2, 0.25) is 5.15 Å². The molecule has 0 amide bonds. The Bertz CT molecular complexity index is 649. The highest BCUT2D eigenvalue weighted by atomic mass is 35.5. The van der Waals surface area contributed by atoms with E-state index in [-0.39, 0.29) is 5.69 Å². The van der Waals surface area contributed by atoms with Gasteiger partial charge >= 0.3 is 0 Å². The zero-order valence-electron chi connectivity index (χ0n) is 12.0. The molecule has 7 heteroatoms. The Morgan fingerprint density at radius 1 is 1.41 bits per heavy atom. The van der Waals surface area contributed by atoms with Gasteiger partial charge in [-0.15, -0.1) is 0 Å². The van der Waals surface area contributed by atoms with Crippen molar-refractivity contribution in [2.24, 2.45) is 0 Å². The molecule has 1 heterocycles. The number of rotatable bonds is 6. The number of hydrogen-bond donors (Lipinski definition) is 1. The average Bonchev–Trinajstić information content (AvgIpc) is 2.49. The van der Waals surface area contributed by atoms with Crippen LogP contribution in [0.5, 0.6) is 0 Å². The molecule has 0 spiro atoms. The van der Waals surface area contributed by atoms with Crippen LogP contribution in [0.3, 0.4) is 0 Å². The van der Waals surface area contributed by atoms with Gasteiger partial charge in [-0.25, -0.2) is 4.98 Å². The highest BCUT2D eigenvalue weighted by molar-refractivity contribution is 6.29. The number of aliphatic hydroxyl groups is 1. The van der Waals surface area contributed by atoms with Gasteiger partial charge in [0.2, 0.25) is 0 Å². The monoisotopic (exact) mass is 321 g/mol. The van der Waals surface area contributed by atoms with Crippen LogP contribution in [0.15, 0.2) is 42.6 Å². The second-order valence-electron chi connectivity index (χ2n) is 5.05. The van der Waals surface area contributed by atoms with Crippen molar-refractivity contribution < 1.29 is 10.0 Å². The van der Waals surface area contributed by atoms with Gasteiger partial charge in [-0.2, -0.15) is 0 Å². The summed E-state index contributed by atoms with van der Waals surface area (Å²) in [7, 11) is 1.86. The summed E-state index contributed by atoms with van der Waals surface area (Å²) in [6.45, 7) is 0.944. The zero-order valence-corrected chi connectivity index (χ0v) is 12.8. The first-order valence-corrected chi connectivity index (χ1v) is 7.05. The lowest BCUT2D eigenvalue weighted by molar-refractivity contribution is -0.385. The lowest BCUT2D eigenvalue weighted by Gasteiger charge is -2.20. The number of aromatic nitrogens is 1. The molecule has 0 bridgehead atoms. The second-order valence-corrected chi connectivity index (χ2v) is 5.44. The Hall–Kier alpha value is -2.02. The predicted octanol–water partition coefficient (Wildman–Crippen LogP) is 2.81. The first-order valence-electron chi connectivity index (χ1n) is 6.67. The van der Waals surface area contributed by atoms with E-state index in [2.05, 4.69) is 4.98 Å². The molecule has 116 valence electrons. The van der Waals surface area contributed by atoms with Gasteiger partial charge in [-0.3, -0.25) is 15.0 Å². The van der Waals surface area contributed by atoms with E-state index < -0.39 is 11.0 Å². The third-order valence-electron chi connectivity index (χ3n) is 3.19. The number of nitro groups is 1. The Balaban J connectivity index is 1.98. The van der Waals surface area contributed by atoms with Crippen LogP contribution in [0.4, 0.5) is 5.69 Å². The number of likely N-dealkylation sites (N-methyl/N-ethyl adjacent to an activating group) is 1. The first-order chi connectivity index (χ1) is 10.5. The van der Waals surface area contributed by atoms with Crippen molar-refractivity contribution in [1.29, 1.82) is 0 Å². The Kier molecular flexibility index (Phi) is 5.43. The molecular weight excluding hydrogens is 306 g/mol. The maximum absolute atomic E-state index is 10.8. The smallest absolute Gasteiger partial charge is 0.269 e. The molecule has 2 rings (SSSR count). The van der Waals surface area contributed by atoms with Gasteiger partial charge in [0.05, 0.1) is 11.0 Å². The molecule has 0 saturated carbocycles. The van der Waals surface area contributed by atoms with Crippen molar-refractivity contribution in [1.82, 2.24) is 9.88 Å². The van der Waals surface area contributed by atoms with Crippen LogP contribution in [-0.4, -0.2) is 33.5 Å². The Morgan fingerprint density at radius 3 is 2.82 bits per heavy atom. The van der Waals surface area contributed by atoms with Crippen LogP contribution in [0.25, 0.3) is 0 Å². The van der Waals surface area contributed by atoms with Crippen LogP contribution in [0.1, 0.15) is 17.2 Å². The van der Waals surface area contributed by atoms with Crippen LogP contribution < -0.4 is 0 Å². The SMILES string of the molecule is CN(Cc1ccc(Cl)nc1)CC(O)c1cccc([N+](=O)[O-])c1. The maximum Gasteiger partial charge on any atom is 0.269 e. The van der Waals surface area contributed by atoms with Gasteiger partial charge in [-0.1, -0.05) is 29.8 Å². The number of non-ortho nitro benzene ring substituents is 1. The summed E-state index contributed by atoms with van der Waals surface area (Å²) in [5, 5.41) is 21.4. The molecule has 6 nitrogen and oxygen atoms in total. The number of pyridine rings is 1. The van der Waals surface area contributed by atoms with E-state index in [1.165, 1.54) is 12.1 Å². The fraction of sp³-hybridized carbons (Fsp3) is 0.267. The van der Waals surface area contributed by atoms with Crippen molar-refractivity contribution in [3.05, 3.63) is 69.0 Å². The molecule has 22 heavy (non-hydrogen) atoms. The van der Waals surface area contributed by atoms with Crippen LogP contribution >= 0.6 is 11.6 Å². The van der Waals surface area contributed by atoms with E-state index in [0.717, 1.165) is 5.56 Å². The molecule has 0 saturated heterocycles. The fourth-order valence-corrected chi connectivity index (χ4v) is 2.23. The van der Waals surface area contributed by atoms with Crippen LogP contribution in [-0.2, 0) is 6.54 Å². The number of benzene rings is 1. The van der Waals surface area contributed by atoms with E-state index in [1.807, 2.05) is 18.0 Å². The fourth-order valence-electron chi connectivity index (χ4n) is 2.12. The van der Waals surface area contributed by atoms with Gasteiger partial charge in [-0.05, 0) is 24.2 Å². The molecule has 0 fully saturated rings. The predicted molar refractivity (Wildman–Crippen MR) is 83.6 cm³/mol. The number of halogens is 1. The molecule has 0 aliphatic rings. The number of nitro benzene ring substituents is 1. The molecule has 1 N–H and O–H groups in total. The van der Waals surface area contributed by atoms with Crippen molar-refractivity contribution in [2.75, 3.05) is 13.6 Å².